The van der Waals surface area contributed by atoms with E-state index in [2.05, 4.69) is 55.6 Å². The molecule has 0 unspecified atom stereocenters. The molecule has 0 saturated heterocycles. The van der Waals surface area contributed by atoms with Crippen LogP contribution in [0.1, 0.15) is 43.1 Å². The number of anilines is 1. The van der Waals surface area contributed by atoms with E-state index in [0.29, 0.717) is 11.7 Å². The van der Waals surface area contributed by atoms with Gasteiger partial charge in [-0.05, 0) is 37.0 Å². The van der Waals surface area contributed by atoms with Crippen LogP contribution in [0, 0.1) is 6.92 Å². The van der Waals surface area contributed by atoms with Gasteiger partial charge in [-0.2, -0.15) is 10.2 Å². The molecule has 26 heavy (non-hydrogen) atoms. The topological polar surface area (TPSA) is 91.7 Å². The van der Waals surface area contributed by atoms with Crippen molar-refractivity contribution < 1.29 is 0 Å². The summed E-state index contributed by atoms with van der Waals surface area (Å²) in [5.74, 6) is 1.92. The van der Waals surface area contributed by atoms with Crippen LogP contribution in [-0.4, -0.2) is 31.2 Å². The van der Waals surface area contributed by atoms with Gasteiger partial charge in [-0.15, -0.1) is 5.10 Å². The van der Waals surface area contributed by atoms with Crippen molar-refractivity contribution >= 4 is 17.3 Å². The Kier molecular flexibility index (Phi) is 4.20. The van der Waals surface area contributed by atoms with Crippen LogP contribution in [0.4, 0.5) is 11.5 Å². The van der Waals surface area contributed by atoms with E-state index in [1.807, 2.05) is 25.4 Å². The molecule has 3 aromatic rings. The van der Waals surface area contributed by atoms with Crippen molar-refractivity contribution in [3.8, 4) is 11.1 Å². The van der Waals surface area contributed by atoms with Gasteiger partial charge in [-0.1, -0.05) is 13.8 Å². The van der Waals surface area contributed by atoms with Gasteiger partial charge in [0.1, 0.15) is 5.84 Å². The largest absolute Gasteiger partial charge is 0.342 e. The smallest absolute Gasteiger partial charge is 0.176 e. The molecule has 7 heteroatoms. The Bertz CT molecular complexity index is 972. The standard InChI is InChI=1S/C19H21N7/c1-11(2)13-7-19(26-21-9-13)24-18-5-4-16-17(23-18)6-14(8-20-16)15-10-22-25-12(15)3/h6-11H,4-5H2,1-3H3,(H,22,25)(H,23,24,26). The van der Waals surface area contributed by atoms with E-state index in [0.717, 1.165) is 52.4 Å². The van der Waals surface area contributed by atoms with Crippen molar-refractivity contribution in [1.29, 1.82) is 0 Å². The molecule has 2 N–H and O–H groups in total. The average Bonchev–Trinajstić information content (AvgIpc) is 3.07. The molecule has 0 spiro atoms. The quantitative estimate of drug-likeness (QED) is 0.752. The number of H-pyrrole nitrogens is 1. The number of aromatic amines is 1. The zero-order chi connectivity index (χ0) is 18.1. The van der Waals surface area contributed by atoms with E-state index < -0.39 is 0 Å². The highest BCUT2D eigenvalue weighted by Crippen LogP contribution is 2.29. The molecule has 0 bridgehead atoms. The minimum atomic E-state index is 0.398. The van der Waals surface area contributed by atoms with Crippen LogP contribution in [-0.2, 0) is 6.42 Å². The maximum Gasteiger partial charge on any atom is 0.176 e. The highest BCUT2D eigenvalue weighted by molar-refractivity contribution is 5.99. The zero-order valence-corrected chi connectivity index (χ0v) is 15.1. The van der Waals surface area contributed by atoms with Gasteiger partial charge in [0.05, 0.1) is 23.8 Å². The Hall–Kier alpha value is -3.09. The first-order valence-corrected chi connectivity index (χ1v) is 8.76. The summed E-state index contributed by atoms with van der Waals surface area (Å²) in [5.41, 5.74) is 6.29. The van der Waals surface area contributed by atoms with Gasteiger partial charge >= 0.3 is 0 Å². The lowest BCUT2D eigenvalue weighted by molar-refractivity contribution is 0.840. The minimum Gasteiger partial charge on any atom is -0.342 e. The monoisotopic (exact) mass is 347 g/mol. The number of aryl methyl sites for hydroxylation is 2. The number of hydrogen-bond donors (Lipinski definition) is 2. The number of aromatic nitrogens is 5. The first kappa shape index (κ1) is 16.4. The third-order valence-corrected chi connectivity index (χ3v) is 4.57. The Labute approximate surface area is 152 Å². The van der Waals surface area contributed by atoms with E-state index in [1.165, 1.54) is 0 Å². The van der Waals surface area contributed by atoms with E-state index in [1.54, 1.807) is 6.20 Å². The fourth-order valence-electron chi connectivity index (χ4n) is 3.01. The molecule has 4 heterocycles. The van der Waals surface area contributed by atoms with Crippen LogP contribution >= 0.6 is 0 Å². The summed E-state index contributed by atoms with van der Waals surface area (Å²) in [6.07, 6.45) is 7.17. The molecule has 132 valence electrons. The van der Waals surface area contributed by atoms with Crippen LogP contribution in [0.3, 0.4) is 0 Å². The molecule has 1 aliphatic heterocycles. The van der Waals surface area contributed by atoms with Crippen LogP contribution in [0.25, 0.3) is 11.1 Å². The molecule has 0 atom stereocenters. The van der Waals surface area contributed by atoms with Gasteiger partial charge in [0, 0.05) is 29.4 Å². The van der Waals surface area contributed by atoms with E-state index in [4.69, 9.17) is 0 Å². The summed E-state index contributed by atoms with van der Waals surface area (Å²) in [5, 5.41) is 18.7. The van der Waals surface area contributed by atoms with E-state index in [9.17, 15) is 0 Å². The Morgan fingerprint density at radius 3 is 2.77 bits per heavy atom. The van der Waals surface area contributed by atoms with Crippen LogP contribution in [0.5, 0.6) is 0 Å². The maximum atomic E-state index is 4.66. The SMILES string of the molecule is Cc1[nH]ncc1-c1cnc2c(c1)NC(=Nc1cc(C(C)C)cnn1)CC2. The molecule has 0 saturated carbocycles. The summed E-state index contributed by atoms with van der Waals surface area (Å²) in [7, 11) is 0. The summed E-state index contributed by atoms with van der Waals surface area (Å²) in [4.78, 5) is 9.26. The first-order chi connectivity index (χ1) is 12.6. The lowest BCUT2D eigenvalue weighted by Gasteiger charge is -2.19. The Balaban J connectivity index is 1.63. The van der Waals surface area contributed by atoms with Gasteiger partial charge < -0.3 is 5.32 Å². The fourth-order valence-corrected chi connectivity index (χ4v) is 3.01. The average molecular weight is 347 g/mol. The summed E-state index contributed by atoms with van der Waals surface area (Å²) in [6.45, 7) is 6.27. The summed E-state index contributed by atoms with van der Waals surface area (Å²) >= 11 is 0. The third-order valence-electron chi connectivity index (χ3n) is 4.57. The second-order valence-corrected chi connectivity index (χ2v) is 6.81. The first-order valence-electron chi connectivity index (χ1n) is 8.76. The lowest BCUT2D eigenvalue weighted by atomic mass is 10.0. The minimum absolute atomic E-state index is 0.398. The zero-order valence-electron chi connectivity index (χ0n) is 15.1. The van der Waals surface area contributed by atoms with Crippen molar-refractivity contribution in [2.45, 2.75) is 39.5 Å². The lowest BCUT2D eigenvalue weighted by Crippen LogP contribution is -2.20. The molecule has 1 aliphatic rings. The van der Waals surface area contributed by atoms with Gasteiger partial charge in [-0.3, -0.25) is 10.1 Å². The third kappa shape index (κ3) is 3.20. The van der Waals surface area contributed by atoms with Crippen LogP contribution in [0.15, 0.2) is 35.7 Å². The number of fused-ring (bicyclic) bond motifs is 1. The second kappa shape index (κ2) is 6.67. The Morgan fingerprint density at radius 2 is 2.00 bits per heavy atom. The number of nitrogens with one attached hydrogen (secondary N) is 2. The molecule has 4 rings (SSSR count). The van der Waals surface area contributed by atoms with Gasteiger partial charge in [-0.25, -0.2) is 4.99 Å². The molecule has 7 nitrogen and oxygen atoms in total. The van der Waals surface area contributed by atoms with Crippen molar-refractivity contribution in [2.24, 2.45) is 4.99 Å². The van der Waals surface area contributed by atoms with E-state index in [-0.39, 0.29) is 0 Å². The van der Waals surface area contributed by atoms with Crippen molar-refractivity contribution in [3.63, 3.8) is 0 Å². The Morgan fingerprint density at radius 1 is 1.12 bits per heavy atom. The molecular weight excluding hydrogens is 326 g/mol. The van der Waals surface area contributed by atoms with Gasteiger partial charge in [0.2, 0.25) is 0 Å². The molecule has 3 aromatic heterocycles. The molecule has 0 fully saturated rings. The molecule has 0 aromatic carbocycles. The number of hydrogen-bond acceptors (Lipinski definition) is 5. The second-order valence-electron chi connectivity index (χ2n) is 6.81. The van der Waals surface area contributed by atoms with Crippen molar-refractivity contribution in [2.75, 3.05) is 5.32 Å². The van der Waals surface area contributed by atoms with E-state index >= 15 is 0 Å². The number of nitrogens with zero attached hydrogens (tertiary/aromatic N) is 5. The molecular formula is C19H21N7. The number of aliphatic imine (C=N–C) groups is 1. The number of rotatable bonds is 3. The number of amidine groups is 1. The van der Waals surface area contributed by atoms with Gasteiger partial charge in [0.15, 0.2) is 5.82 Å². The molecule has 0 radical (unpaired) electrons. The summed E-state index contributed by atoms with van der Waals surface area (Å²) in [6, 6.07) is 4.09. The normalized spacial score (nSPS) is 15.2. The van der Waals surface area contributed by atoms with Crippen LogP contribution < -0.4 is 5.32 Å². The highest BCUT2D eigenvalue weighted by Gasteiger charge is 2.17. The predicted molar refractivity (Wildman–Crippen MR) is 102 cm³/mol. The summed E-state index contributed by atoms with van der Waals surface area (Å²) < 4.78 is 0. The molecule has 0 amide bonds. The predicted octanol–water partition coefficient (Wildman–Crippen LogP) is 3.78. The maximum absolute atomic E-state index is 4.66. The van der Waals surface area contributed by atoms with Crippen LogP contribution in [0.2, 0.25) is 0 Å². The molecule has 0 aliphatic carbocycles. The van der Waals surface area contributed by atoms with Crippen molar-refractivity contribution in [1.82, 2.24) is 25.4 Å². The van der Waals surface area contributed by atoms with Crippen molar-refractivity contribution in [3.05, 3.63) is 47.7 Å². The fraction of sp³-hybridized carbons (Fsp3) is 0.316. The highest BCUT2D eigenvalue weighted by atomic mass is 15.2. The van der Waals surface area contributed by atoms with Gasteiger partial charge in [0.25, 0.3) is 0 Å². The number of pyridine rings is 1.